The number of aromatic amines is 1. The number of aromatic nitrogens is 5. The van der Waals surface area contributed by atoms with Gasteiger partial charge in [0.1, 0.15) is 12.4 Å². The topological polar surface area (TPSA) is 96.7 Å². The van der Waals surface area contributed by atoms with Crippen LogP contribution in [0.1, 0.15) is 16.3 Å². The van der Waals surface area contributed by atoms with Gasteiger partial charge in [-0.2, -0.15) is 0 Å². The van der Waals surface area contributed by atoms with Crippen LogP contribution in [0, 0.1) is 0 Å². The van der Waals surface area contributed by atoms with Crippen molar-refractivity contribution < 1.29 is 9.90 Å². The number of carboxylic acids is 1. The zero-order valence-electron chi connectivity index (χ0n) is 7.08. The number of rotatable bonds is 3. The molecule has 0 aliphatic heterocycles. The zero-order chi connectivity index (χ0) is 9.97. The maximum Gasteiger partial charge on any atom is 0.358 e. The first-order valence-corrected chi connectivity index (χ1v) is 3.87. The Hall–Kier alpha value is -2.18. The lowest BCUT2D eigenvalue weighted by Gasteiger charge is -1.93. The van der Waals surface area contributed by atoms with E-state index in [4.69, 9.17) is 5.11 Å². The quantitative estimate of drug-likeness (QED) is 0.700. The molecule has 2 N–H and O–H groups in total. The van der Waals surface area contributed by atoms with E-state index < -0.39 is 5.97 Å². The van der Waals surface area contributed by atoms with E-state index in [-0.39, 0.29) is 5.69 Å². The predicted octanol–water partition coefficient (Wildman–Crippen LogP) is -0.252. The second-order valence-corrected chi connectivity index (χ2v) is 2.64. The molecule has 2 aromatic rings. The Morgan fingerprint density at radius 1 is 1.64 bits per heavy atom. The van der Waals surface area contributed by atoms with Crippen LogP contribution in [-0.4, -0.2) is 36.0 Å². The Bertz CT molecular complexity index is 433. The van der Waals surface area contributed by atoms with Gasteiger partial charge < -0.3 is 10.1 Å². The lowest BCUT2D eigenvalue weighted by atomic mass is 10.5. The molecule has 0 saturated heterocycles. The molecule has 0 radical (unpaired) electrons. The molecule has 0 unspecified atom stereocenters. The lowest BCUT2D eigenvalue weighted by Crippen LogP contribution is -2.02. The van der Waals surface area contributed by atoms with Crippen LogP contribution < -0.4 is 0 Å². The third-order valence-electron chi connectivity index (χ3n) is 1.62. The average molecular weight is 193 g/mol. The number of nitrogens with zero attached hydrogens (tertiary/aromatic N) is 4. The maximum absolute atomic E-state index is 10.5. The summed E-state index contributed by atoms with van der Waals surface area (Å²) in [7, 11) is 0. The average Bonchev–Trinajstić information content (AvgIpc) is 2.75. The van der Waals surface area contributed by atoms with Crippen LogP contribution in [0.3, 0.4) is 0 Å². The standard InChI is InChI=1S/C7H7N5O2/c13-7(14)5-3-12(11-10-5)4-6-8-1-2-9-6/h1-3H,4H2,(H,8,9)(H,13,14). The van der Waals surface area contributed by atoms with Gasteiger partial charge in [0, 0.05) is 12.4 Å². The summed E-state index contributed by atoms with van der Waals surface area (Å²) in [5.41, 5.74) is -0.0726. The summed E-state index contributed by atoms with van der Waals surface area (Å²) < 4.78 is 1.41. The number of aromatic carboxylic acids is 1. The molecule has 2 rings (SSSR count). The lowest BCUT2D eigenvalue weighted by molar-refractivity contribution is 0.0690. The van der Waals surface area contributed by atoms with E-state index >= 15 is 0 Å². The van der Waals surface area contributed by atoms with Gasteiger partial charge in [0.05, 0.1) is 6.20 Å². The highest BCUT2D eigenvalue weighted by Gasteiger charge is 2.08. The normalized spacial score (nSPS) is 10.3. The highest BCUT2D eigenvalue weighted by molar-refractivity contribution is 5.84. The molecule has 14 heavy (non-hydrogen) atoms. The third-order valence-corrected chi connectivity index (χ3v) is 1.62. The highest BCUT2D eigenvalue weighted by Crippen LogP contribution is 1.96. The second kappa shape index (κ2) is 3.29. The van der Waals surface area contributed by atoms with Crippen molar-refractivity contribution in [3.63, 3.8) is 0 Å². The van der Waals surface area contributed by atoms with E-state index in [1.54, 1.807) is 12.4 Å². The van der Waals surface area contributed by atoms with Gasteiger partial charge in [-0.3, -0.25) is 0 Å². The molecule has 0 fully saturated rings. The summed E-state index contributed by atoms with van der Waals surface area (Å²) in [4.78, 5) is 17.3. The maximum atomic E-state index is 10.5. The fourth-order valence-corrected chi connectivity index (χ4v) is 1.01. The van der Waals surface area contributed by atoms with Crippen LogP contribution in [-0.2, 0) is 6.54 Å². The molecule has 72 valence electrons. The van der Waals surface area contributed by atoms with Gasteiger partial charge in [-0.05, 0) is 0 Å². The summed E-state index contributed by atoms with van der Waals surface area (Å²) in [5, 5.41) is 15.7. The molecule has 0 bridgehead atoms. The van der Waals surface area contributed by atoms with Gasteiger partial charge in [0.25, 0.3) is 0 Å². The Kier molecular flexibility index (Phi) is 1.98. The molecular weight excluding hydrogens is 186 g/mol. The first-order valence-electron chi connectivity index (χ1n) is 3.87. The van der Waals surface area contributed by atoms with Crippen LogP contribution in [0.25, 0.3) is 0 Å². The fourth-order valence-electron chi connectivity index (χ4n) is 1.01. The molecule has 0 spiro atoms. The molecule has 0 saturated carbocycles. The molecule has 2 aromatic heterocycles. The van der Waals surface area contributed by atoms with Gasteiger partial charge in [-0.1, -0.05) is 5.21 Å². The van der Waals surface area contributed by atoms with Crippen molar-refractivity contribution in [1.29, 1.82) is 0 Å². The monoisotopic (exact) mass is 193 g/mol. The summed E-state index contributed by atoms with van der Waals surface area (Å²) in [6.07, 6.45) is 4.65. The van der Waals surface area contributed by atoms with Gasteiger partial charge >= 0.3 is 5.97 Å². The number of nitrogens with one attached hydrogen (secondary N) is 1. The number of imidazole rings is 1. The van der Waals surface area contributed by atoms with Crippen molar-refractivity contribution in [3.05, 3.63) is 30.1 Å². The van der Waals surface area contributed by atoms with Crippen LogP contribution in [0.5, 0.6) is 0 Å². The van der Waals surface area contributed by atoms with E-state index in [9.17, 15) is 4.79 Å². The van der Waals surface area contributed by atoms with Crippen LogP contribution in [0.2, 0.25) is 0 Å². The predicted molar refractivity (Wildman–Crippen MR) is 44.7 cm³/mol. The molecule has 0 aliphatic rings. The summed E-state index contributed by atoms with van der Waals surface area (Å²) in [5.74, 6) is -0.387. The SMILES string of the molecule is O=C(O)c1cn(Cc2ncc[nH]2)nn1. The summed E-state index contributed by atoms with van der Waals surface area (Å²) in [6.45, 7) is 0.382. The molecule has 7 heteroatoms. The minimum absolute atomic E-state index is 0.0726. The van der Waals surface area contributed by atoms with Crippen molar-refractivity contribution in [3.8, 4) is 0 Å². The van der Waals surface area contributed by atoms with E-state index in [0.29, 0.717) is 12.4 Å². The van der Waals surface area contributed by atoms with Gasteiger partial charge in [0.2, 0.25) is 0 Å². The van der Waals surface area contributed by atoms with E-state index in [2.05, 4.69) is 20.3 Å². The Labute approximate surface area is 78.4 Å². The third kappa shape index (κ3) is 1.60. The molecule has 0 amide bonds. The van der Waals surface area contributed by atoms with Gasteiger partial charge in [-0.25, -0.2) is 14.5 Å². The first-order chi connectivity index (χ1) is 6.75. The van der Waals surface area contributed by atoms with E-state index in [1.165, 1.54) is 10.9 Å². The molecule has 0 aliphatic carbocycles. The fraction of sp³-hybridized carbons (Fsp3) is 0.143. The minimum Gasteiger partial charge on any atom is -0.476 e. The number of H-pyrrole nitrogens is 1. The zero-order valence-corrected chi connectivity index (χ0v) is 7.08. The molecule has 7 nitrogen and oxygen atoms in total. The second-order valence-electron chi connectivity index (χ2n) is 2.64. The largest absolute Gasteiger partial charge is 0.476 e. The minimum atomic E-state index is -1.09. The number of hydrogen-bond donors (Lipinski definition) is 2. The molecular formula is C7H7N5O2. The summed E-state index contributed by atoms with van der Waals surface area (Å²) >= 11 is 0. The van der Waals surface area contributed by atoms with Crippen molar-refractivity contribution in [2.24, 2.45) is 0 Å². The van der Waals surface area contributed by atoms with Crippen molar-refractivity contribution in [2.75, 3.05) is 0 Å². The molecule has 0 aromatic carbocycles. The molecule has 2 heterocycles. The number of carboxylic acid groups (broad SMARTS) is 1. The smallest absolute Gasteiger partial charge is 0.358 e. The van der Waals surface area contributed by atoms with Gasteiger partial charge in [0.15, 0.2) is 5.69 Å². The highest BCUT2D eigenvalue weighted by atomic mass is 16.4. The van der Waals surface area contributed by atoms with Crippen LogP contribution >= 0.6 is 0 Å². The van der Waals surface area contributed by atoms with Gasteiger partial charge in [-0.15, -0.1) is 5.10 Å². The van der Waals surface area contributed by atoms with Crippen molar-refractivity contribution in [2.45, 2.75) is 6.54 Å². The van der Waals surface area contributed by atoms with Crippen molar-refractivity contribution >= 4 is 5.97 Å². The van der Waals surface area contributed by atoms with Crippen LogP contribution in [0.4, 0.5) is 0 Å². The van der Waals surface area contributed by atoms with E-state index in [0.717, 1.165) is 0 Å². The number of carbonyl (C=O) groups is 1. The van der Waals surface area contributed by atoms with E-state index in [1.807, 2.05) is 0 Å². The number of hydrogen-bond acceptors (Lipinski definition) is 4. The summed E-state index contributed by atoms with van der Waals surface area (Å²) in [6, 6.07) is 0. The van der Waals surface area contributed by atoms with Crippen molar-refractivity contribution in [1.82, 2.24) is 25.0 Å². The Morgan fingerprint density at radius 3 is 3.07 bits per heavy atom. The van der Waals surface area contributed by atoms with Crippen LogP contribution in [0.15, 0.2) is 18.6 Å². The molecule has 0 atom stereocenters. The Morgan fingerprint density at radius 2 is 2.50 bits per heavy atom. The first kappa shape index (κ1) is 8.42. The Balaban J connectivity index is 2.14.